The van der Waals surface area contributed by atoms with Crippen LogP contribution >= 0.6 is 6.89 Å². The number of Topliss-reactive ketones (excluding diaryl/α,β-unsaturated/α-hetero) is 2. The smallest absolute Gasteiger partial charge is 0.202 e. The molecule has 0 spiro atoms. The molecule has 0 radical (unpaired) electrons. The summed E-state index contributed by atoms with van der Waals surface area (Å²) in [6.45, 7) is -2.74. The number of allylic oxidation sites excluding steroid dienone is 1. The van der Waals surface area contributed by atoms with Crippen molar-refractivity contribution in [3.63, 3.8) is 0 Å². The maximum absolute atomic E-state index is 14.6. The lowest BCUT2D eigenvalue weighted by Crippen LogP contribution is -2.48. The third kappa shape index (κ3) is 3.49. The van der Waals surface area contributed by atoms with E-state index in [0.29, 0.717) is 10.9 Å². The van der Waals surface area contributed by atoms with E-state index < -0.39 is 6.89 Å². The summed E-state index contributed by atoms with van der Waals surface area (Å²) < 4.78 is 0. The van der Waals surface area contributed by atoms with Gasteiger partial charge in [0, 0.05) is 5.57 Å². The van der Waals surface area contributed by atoms with Crippen molar-refractivity contribution in [1.29, 1.82) is 0 Å². The van der Waals surface area contributed by atoms with Gasteiger partial charge in [-0.1, -0.05) is 140 Å². The maximum atomic E-state index is 14.6. The van der Waals surface area contributed by atoms with Crippen LogP contribution in [0.2, 0.25) is 0 Å². The molecule has 1 saturated carbocycles. The Labute approximate surface area is 228 Å². The molecule has 1 fully saturated rings. The zero-order chi connectivity index (χ0) is 26.4. The van der Waals surface area contributed by atoms with Gasteiger partial charge in [0.1, 0.15) is 0 Å². The van der Waals surface area contributed by atoms with Crippen molar-refractivity contribution in [3.8, 4) is 0 Å². The molecule has 39 heavy (non-hydrogen) atoms. The number of benzene rings is 5. The van der Waals surface area contributed by atoms with Crippen LogP contribution in [0.15, 0.2) is 145 Å². The zero-order valence-electron chi connectivity index (χ0n) is 21.2. The first-order chi connectivity index (χ1) is 19.2. The molecule has 2 aliphatic rings. The summed E-state index contributed by atoms with van der Waals surface area (Å²) in [5.41, 5.74) is 5.34. The van der Waals surface area contributed by atoms with E-state index in [9.17, 15) is 9.59 Å². The van der Waals surface area contributed by atoms with Crippen molar-refractivity contribution in [1.82, 2.24) is 0 Å². The fourth-order valence-electron chi connectivity index (χ4n) is 6.16. The van der Waals surface area contributed by atoms with E-state index in [2.05, 4.69) is 48.5 Å². The Balaban J connectivity index is 1.60. The highest BCUT2D eigenvalue weighted by molar-refractivity contribution is 7.98. The van der Waals surface area contributed by atoms with Crippen LogP contribution in [0.1, 0.15) is 22.3 Å². The van der Waals surface area contributed by atoms with Crippen LogP contribution in [0.3, 0.4) is 0 Å². The quantitative estimate of drug-likeness (QED) is 0.170. The predicted octanol–water partition coefficient (Wildman–Crippen LogP) is 5.71. The number of hydrogen-bond acceptors (Lipinski definition) is 2. The number of ketones is 2. The van der Waals surface area contributed by atoms with E-state index in [0.717, 1.165) is 50.2 Å². The van der Waals surface area contributed by atoms with E-state index in [1.165, 1.54) is 0 Å². The van der Waals surface area contributed by atoms with Crippen molar-refractivity contribution in [2.45, 2.75) is 6.42 Å². The van der Waals surface area contributed by atoms with Crippen LogP contribution < -0.4 is 15.9 Å². The molecule has 0 heterocycles. The normalized spacial score (nSPS) is 14.5. The topological polar surface area (TPSA) is 34.1 Å². The van der Waals surface area contributed by atoms with Gasteiger partial charge in [-0.25, -0.2) is 0 Å². The second-order valence-corrected chi connectivity index (χ2v) is 13.3. The molecule has 2 nitrogen and oxygen atoms in total. The average molecular weight is 521 g/mol. The third-order valence-corrected chi connectivity index (χ3v) is 12.1. The number of carbonyl (C=O) groups is 2. The summed E-state index contributed by atoms with van der Waals surface area (Å²) in [5, 5.41) is 3.43. The van der Waals surface area contributed by atoms with Gasteiger partial charge in [0.2, 0.25) is 11.6 Å². The zero-order valence-corrected chi connectivity index (χ0v) is 22.1. The van der Waals surface area contributed by atoms with Gasteiger partial charge in [0.15, 0.2) is 0 Å². The summed E-state index contributed by atoms with van der Waals surface area (Å²) in [4.78, 5) is 29.1. The van der Waals surface area contributed by atoms with Gasteiger partial charge in [-0.2, -0.15) is 0 Å². The van der Waals surface area contributed by atoms with Crippen molar-refractivity contribution in [2.24, 2.45) is 0 Å². The highest BCUT2D eigenvalue weighted by Crippen LogP contribution is 2.51. The highest BCUT2D eigenvalue weighted by Gasteiger charge is 2.49. The van der Waals surface area contributed by atoms with Gasteiger partial charge in [0.05, 0.1) is 10.9 Å². The van der Waals surface area contributed by atoms with Crippen LogP contribution in [-0.2, 0) is 16.0 Å². The van der Waals surface area contributed by atoms with Gasteiger partial charge < -0.3 is 0 Å². The minimum Gasteiger partial charge on any atom is -0.288 e. The lowest BCUT2D eigenvalue weighted by atomic mass is 9.74. The van der Waals surface area contributed by atoms with Crippen molar-refractivity contribution in [3.05, 3.63) is 167 Å². The fourth-order valence-corrected chi connectivity index (χ4v) is 10.5. The SMILES string of the molecule is O=C1C(=C2c3ccccc3Cc3ccccc32)C(=O)C1=P(c1ccccc1)(c1ccccc1)c1ccccc1. The molecular formula is C36H25O2P. The van der Waals surface area contributed by atoms with Crippen LogP contribution in [-0.4, -0.2) is 16.9 Å². The monoisotopic (exact) mass is 520 g/mol. The Hall–Kier alpha value is -4.52. The van der Waals surface area contributed by atoms with Crippen LogP contribution in [0.25, 0.3) is 5.57 Å². The first-order valence-electron chi connectivity index (χ1n) is 13.1. The fraction of sp³-hybridized carbons (Fsp3) is 0.0278. The van der Waals surface area contributed by atoms with Gasteiger partial charge in [0.25, 0.3) is 0 Å². The molecule has 5 aromatic rings. The van der Waals surface area contributed by atoms with Crippen LogP contribution in [0.5, 0.6) is 0 Å². The highest BCUT2D eigenvalue weighted by atomic mass is 31.2. The van der Waals surface area contributed by atoms with E-state index >= 15 is 0 Å². The lowest BCUT2D eigenvalue weighted by Gasteiger charge is -2.37. The summed E-state index contributed by atoms with van der Waals surface area (Å²) in [5.74, 6) is -0.266. The van der Waals surface area contributed by atoms with E-state index in [1.54, 1.807) is 0 Å². The molecule has 0 aromatic heterocycles. The van der Waals surface area contributed by atoms with E-state index in [1.807, 2.05) is 91.0 Å². The first kappa shape index (κ1) is 23.6. The standard InChI is InChI=1S/C36H25O2P/c37-34-33(32-30-22-12-10-14-25(30)24-26-15-11-13-23-31(26)32)35(38)36(34)39(27-16-4-1-5-17-27,28-18-6-2-7-19-28)29-20-8-3-9-21-29/h1-23H,24H2. The molecule has 0 N–H and O–H groups in total. The Morgan fingerprint density at radius 2 is 0.769 bits per heavy atom. The molecule has 0 amide bonds. The molecule has 0 bridgehead atoms. The minimum absolute atomic E-state index is 0.133. The predicted molar refractivity (Wildman–Crippen MR) is 162 cm³/mol. The maximum Gasteiger partial charge on any atom is 0.202 e. The molecule has 0 saturated heterocycles. The molecule has 7 rings (SSSR count). The molecular weight excluding hydrogens is 495 g/mol. The van der Waals surface area contributed by atoms with Gasteiger partial charge in [-0.3, -0.25) is 9.59 Å². The summed E-state index contributed by atoms with van der Waals surface area (Å²) >= 11 is 0. The van der Waals surface area contributed by atoms with Crippen molar-refractivity contribution < 1.29 is 9.59 Å². The van der Waals surface area contributed by atoms with Crippen LogP contribution in [0, 0.1) is 0 Å². The number of carbonyl (C=O) groups excluding carboxylic acids is 2. The second-order valence-electron chi connectivity index (χ2n) is 9.93. The van der Waals surface area contributed by atoms with E-state index in [-0.39, 0.29) is 11.6 Å². The van der Waals surface area contributed by atoms with E-state index in [4.69, 9.17) is 0 Å². The molecule has 186 valence electrons. The number of fused-ring (bicyclic) bond motifs is 2. The molecule has 3 heteroatoms. The molecule has 0 atom stereocenters. The first-order valence-corrected chi connectivity index (χ1v) is 14.9. The Morgan fingerprint density at radius 3 is 1.18 bits per heavy atom. The van der Waals surface area contributed by atoms with Gasteiger partial charge >= 0.3 is 0 Å². The Kier molecular flexibility index (Phi) is 5.65. The molecule has 0 unspecified atom stereocenters. The summed E-state index contributed by atoms with van der Waals surface area (Å²) in [7, 11) is 0. The number of hydrogen-bond donors (Lipinski definition) is 0. The lowest BCUT2D eigenvalue weighted by molar-refractivity contribution is -0.119. The van der Waals surface area contributed by atoms with Crippen molar-refractivity contribution >= 4 is 45.2 Å². The summed E-state index contributed by atoms with van der Waals surface area (Å²) in [6, 6.07) is 46.6. The average Bonchev–Trinajstić information content (AvgIpc) is 3.01. The van der Waals surface area contributed by atoms with Crippen LogP contribution in [0.4, 0.5) is 0 Å². The minimum atomic E-state index is -2.74. The number of rotatable bonds is 3. The Morgan fingerprint density at radius 1 is 0.410 bits per heavy atom. The second kappa shape index (κ2) is 9.34. The molecule has 5 aromatic carbocycles. The molecule has 0 aliphatic heterocycles. The van der Waals surface area contributed by atoms with Gasteiger partial charge in [-0.15, -0.1) is 0 Å². The van der Waals surface area contributed by atoms with Crippen molar-refractivity contribution in [2.75, 3.05) is 0 Å². The van der Waals surface area contributed by atoms with Gasteiger partial charge in [-0.05, 0) is 51.5 Å². The molecule has 2 aliphatic carbocycles. The largest absolute Gasteiger partial charge is 0.288 e. The summed E-state index contributed by atoms with van der Waals surface area (Å²) in [6.07, 6.45) is 0.789. The third-order valence-electron chi connectivity index (χ3n) is 7.85. The Bertz CT molecular complexity index is 1680.